The molecule has 0 aliphatic heterocycles. The van der Waals surface area contributed by atoms with Gasteiger partial charge in [-0.2, -0.15) is 5.10 Å². The second-order valence-corrected chi connectivity index (χ2v) is 5.94. The van der Waals surface area contributed by atoms with Gasteiger partial charge in [-0.15, -0.1) is 0 Å². The minimum absolute atomic E-state index is 0.129. The van der Waals surface area contributed by atoms with Gasteiger partial charge in [-0.25, -0.2) is 10.4 Å². The number of nitrogens with one attached hydrogen (secondary N) is 2. The summed E-state index contributed by atoms with van der Waals surface area (Å²) in [5.41, 5.74) is 5.95. The Bertz CT molecular complexity index is 940. The SMILES string of the molecule is Cc1cccc(NCC(=O)N/N=C/c2cc3ccccc3nc2Cl)c1. The van der Waals surface area contributed by atoms with Crippen LogP contribution in [0.4, 0.5) is 5.69 Å². The number of hydrogen-bond acceptors (Lipinski definition) is 4. The van der Waals surface area contributed by atoms with Crippen LogP contribution in [0.1, 0.15) is 11.1 Å². The smallest absolute Gasteiger partial charge is 0.259 e. The van der Waals surface area contributed by atoms with E-state index in [9.17, 15) is 4.79 Å². The lowest BCUT2D eigenvalue weighted by Crippen LogP contribution is -2.25. The van der Waals surface area contributed by atoms with E-state index in [0.29, 0.717) is 10.7 Å². The maximum Gasteiger partial charge on any atom is 0.259 e. The number of carbonyl (C=O) groups excluding carboxylic acids is 1. The highest BCUT2D eigenvalue weighted by atomic mass is 35.5. The predicted molar refractivity (Wildman–Crippen MR) is 102 cm³/mol. The maximum absolute atomic E-state index is 11.9. The van der Waals surface area contributed by atoms with Crippen LogP contribution in [0.5, 0.6) is 0 Å². The normalized spacial score (nSPS) is 11.0. The van der Waals surface area contributed by atoms with E-state index in [1.54, 1.807) is 0 Å². The zero-order valence-corrected chi connectivity index (χ0v) is 14.4. The van der Waals surface area contributed by atoms with Crippen LogP contribution in [0.25, 0.3) is 10.9 Å². The van der Waals surface area contributed by atoms with Crippen molar-refractivity contribution in [3.63, 3.8) is 0 Å². The summed E-state index contributed by atoms with van der Waals surface area (Å²) in [4.78, 5) is 16.2. The first-order valence-corrected chi connectivity index (χ1v) is 8.17. The van der Waals surface area contributed by atoms with E-state index in [4.69, 9.17) is 11.6 Å². The van der Waals surface area contributed by atoms with Crippen molar-refractivity contribution in [3.8, 4) is 0 Å². The van der Waals surface area contributed by atoms with Crippen LogP contribution >= 0.6 is 11.6 Å². The van der Waals surface area contributed by atoms with Gasteiger partial charge in [0.05, 0.1) is 18.3 Å². The van der Waals surface area contributed by atoms with Crippen molar-refractivity contribution in [1.82, 2.24) is 10.4 Å². The Morgan fingerprint density at radius 1 is 1.20 bits per heavy atom. The summed E-state index contributed by atoms with van der Waals surface area (Å²) < 4.78 is 0. The minimum atomic E-state index is -0.248. The number of nitrogens with zero attached hydrogens (tertiary/aromatic N) is 2. The third-order valence-electron chi connectivity index (χ3n) is 3.57. The van der Waals surface area contributed by atoms with Gasteiger partial charge in [-0.3, -0.25) is 4.79 Å². The average Bonchev–Trinajstić information content (AvgIpc) is 2.60. The van der Waals surface area contributed by atoms with Crippen molar-refractivity contribution < 1.29 is 4.79 Å². The molecule has 1 aromatic heterocycles. The largest absolute Gasteiger partial charge is 0.376 e. The van der Waals surface area contributed by atoms with Crippen LogP contribution in [0, 0.1) is 6.92 Å². The summed E-state index contributed by atoms with van der Waals surface area (Å²) >= 11 is 6.15. The van der Waals surface area contributed by atoms with Crippen molar-refractivity contribution in [2.75, 3.05) is 11.9 Å². The fourth-order valence-corrected chi connectivity index (χ4v) is 2.54. The highest BCUT2D eigenvalue weighted by molar-refractivity contribution is 6.32. The fourth-order valence-electron chi connectivity index (χ4n) is 2.35. The molecule has 0 atom stereocenters. The van der Waals surface area contributed by atoms with Crippen molar-refractivity contribution in [2.24, 2.45) is 5.10 Å². The highest BCUT2D eigenvalue weighted by Gasteiger charge is 2.03. The van der Waals surface area contributed by atoms with Crippen molar-refractivity contribution in [3.05, 3.63) is 70.9 Å². The first kappa shape index (κ1) is 16.9. The van der Waals surface area contributed by atoms with Crippen molar-refractivity contribution in [2.45, 2.75) is 6.92 Å². The quantitative estimate of drug-likeness (QED) is 0.417. The fraction of sp³-hybridized carbons (Fsp3) is 0.105. The monoisotopic (exact) mass is 352 g/mol. The number of hydrogen-bond donors (Lipinski definition) is 2. The van der Waals surface area contributed by atoms with Gasteiger partial charge < -0.3 is 5.32 Å². The van der Waals surface area contributed by atoms with Gasteiger partial charge in [0, 0.05) is 16.6 Å². The van der Waals surface area contributed by atoms with Gasteiger partial charge in [-0.05, 0) is 36.8 Å². The number of pyridine rings is 1. The topological polar surface area (TPSA) is 66.4 Å². The third-order valence-corrected chi connectivity index (χ3v) is 3.87. The van der Waals surface area contributed by atoms with Crippen LogP contribution in [0.3, 0.4) is 0 Å². The van der Waals surface area contributed by atoms with E-state index in [1.807, 2.05) is 61.5 Å². The maximum atomic E-state index is 11.9. The lowest BCUT2D eigenvalue weighted by atomic mass is 10.2. The van der Waals surface area contributed by atoms with Gasteiger partial charge in [0.15, 0.2) is 0 Å². The Labute approximate surface area is 150 Å². The number of hydrazone groups is 1. The number of amides is 1. The summed E-state index contributed by atoms with van der Waals surface area (Å²) in [6, 6.07) is 17.4. The Balaban J connectivity index is 1.59. The average molecular weight is 353 g/mol. The summed E-state index contributed by atoms with van der Waals surface area (Å²) in [5.74, 6) is -0.248. The summed E-state index contributed by atoms with van der Waals surface area (Å²) in [6.45, 7) is 2.13. The van der Waals surface area contributed by atoms with Gasteiger partial charge in [0.1, 0.15) is 5.15 Å². The molecule has 3 aromatic rings. The van der Waals surface area contributed by atoms with Gasteiger partial charge >= 0.3 is 0 Å². The molecule has 1 amide bonds. The molecule has 0 fully saturated rings. The Hall–Kier alpha value is -2.92. The molecular formula is C19H17ClN4O. The first-order valence-electron chi connectivity index (χ1n) is 7.79. The Kier molecular flexibility index (Phi) is 5.26. The molecule has 0 unspecified atom stereocenters. The van der Waals surface area contributed by atoms with E-state index >= 15 is 0 Å². The summed E-state index contributed by atoms with van der Waals surface area (Å²) in [6.07, 6.45) is 1.49. The molecule has 0 saturated carbocycles. The number of anilines is 1. The number of carbonyl (C=O) groups is 1. The second kappa shape index (κ2) is 7.77. The molecule has 25 heavy (non-hydrogen) atoms. The van der Waals surface area contributed by atoms with Gasteiger partial charge in [0.2, 0.25) is 0 Å². The molecule has 0 aliphatic rings. The van der Waals surface area contributed by atoms with Crippen LogP contribution in [-0.2, 0) is 4.79 Å². The van der Waals surface area contributed by atoms with Crippen molar-refractivity contribution >= 4 is 40.3 Å². The zero-order valence-electron chi connectivity index (χ0n) is 13.7. The number of fused-ring (bicyclic) bond motifs is 1. The molecule has 0 aliphatic carbocycles. The zero-order chi connectivity index (χ0) is 17.6. The molecule has 0 radical (unpaired) electrons. The predicted octanol–water partition coefficient (Wildman–Crippen LogP) is 3.76. The van der Waals surface area contributed by atoms with Gasteiger partial charge in [-0.1, -0.05) is 41.9 Å². The second-order valence-electron chi connectivity index (χ2n) is 5.58. The van der Waals surface area contributed by atoms with Crippen LogP contribution < -0.4 is 10.7 Å². The van der Waals surface area contributed by atoms with Crippen molar-refractivity contribution in [1.29, 1.82) is 0 Å². The number of aromatic nitrogens is 1. The highest BCUT2D eigenvalue weighted by Crippen LogP contribution is 2.18. The van der Waals surface area contributed by atoms with Crippen LogP contribution in [-0.4, -0.2) is 23.7 Å². The van der Waals surface area contributed by atoms with E-state index in [0.717, 1.165) is 22.2 Å². The molecule has 0 bridgehead atoms. The van der Waals surface area contributed by atoms with Crippen LogP contribution in [0.15, 0.2) is 59.7 Å². The van der Waals surface area contributed by atoms with Crippen LogP contribution in [0.2, 0.25) is 5.15 Å². The third kappa shape index (κ3) is 4.55. The summed E-state index contributed by atoms with van der Waals surface area (Å²) in [7, 11) is 0. The molecule has 3 rings (SSSR count). The molecule has 5 nitrogen and oxygen atoms in total. The molecule has 126 valence electrons. The number of para-hydroxylation sites is 1. The molecule has 2 aromatic carbocycles. The van der Waals surface area contributed by atoms with E-state index in [1.165, 1.54) is 6.21 Å². The molecule has 2 N–H and O–H groups in total. The molecule has 0 saturated heterocycles. The van der Waals surface area contributed by atoms with Gasteiger partial charge in [0.25, 0.3) is 5.91 Å². The first-order chi connectivity index (χ1) is 12.1. The number of halogens is 1. The standard InChI is InChI=1S/C19H17ClN4O/c1-13-5-4-7-16(9-13)21-12-18(25)24-22-11-15-10-14-6-2-3-8-17(14)23-19(15)20/h2-11,21H,12H2,1H3,(H,24,25)/b22-11+. The number of benzene rings is 2. The van der Waals surface area contributed by atoms with E-state index in [2.05, 4.69) is 20.8 Å². The lowest BCUT2D eigenvalue weighted by Gasteiger charge is -2.06. The minimum Gasteiger partial charge on any atom is -0.376 e. The number of aryl methyl sites for hydroxylation is 1. The molecule has 6 heteroatoms. The molecule has 0 spiro atoms. The van der Waals surface area contributed by atoms with E-state index in [-0.39, 0.29) is 12.5 Å². The number of rotatable bonds is 5. The summed E-state index contributed by atoms with van der Waals surface area (Å²) in [5, 5.41) is 8.30. The molecular weight excluding hydrogens is 336 g/mol. The van der Waals surface area contributed by atoms with E-state index < -0.39 is 0 Å². The lowest BCUT2D eigenvalue weighted by molar-refractivity contribution is -0.119. The Morgan fingerprint density at radius 2 is 2.04 bits per heavy atom. The molecule has 1 heterocycles. The Morgan fingerprint density at radius 3 is 2.88 bits per heavy atom.